The predicted molar refractivity (Wildman–Crippen MR) is 118 cm³/mol. The molecule has 0 N–H and O–H groups in total. The third kappa shape index (κ3) is 5.04. The largest absolute Gasteiger partial charge is 0.484 e. The molecule has 156 valence electrons. The smallest absolute Gasteiger partial charge is 0.336 e. The summed E-state index contributed by atoms with van der Waals surface area (Å²) < 4.78 is 10.8. The fraction of sp³-hybridized carbons (Fsp3) is 0.304. The molecule has 1 aliphatic heterocycles. The first kappa shape index (κ1) is 20.5. The van der Waals surface area contributed by atoms with Gasteiger partial charge in [-0.1, -0.05) is 12.1 Å². The van der Waals surface area contributed by atoms with E-state index in [4.69, 9.17) is 9.15 Å². The third-order valence-electron chi connectivity index (χ3n) is 5.25. The van der Waals surface area contributed by atoms with Gasteiger partial charge in [-0.25, -0.2) is 4.79 Å². The van der Waals surface area contributed by atoms with E-state index in [1.807, 2.05) is 11.0 Å². The minimum atomic E-state index is -0.409. The number of carbonyl (C=O) groups excluding carboxylic acids is 1. The van der Waals surface area contributed by atoms with Crippen LogP contribution in [0.2, 0.25) is 0 Å². The number of carbonyl (C=O) groups is 1. The second-order valence-electron chi connectivity index (χ2n) is 7.25. The molecule has 30 heavy (non-hydrogen) atoms. The minimum Gasteiger partial charge on any atom is -0.484 e. The number of hydrogen-bond donors (Lipinski definition) is 0. The van der Waals surface area contributed by atoms with Gasteiger partial charge in [0.1, 0.15) is 11.3 Å². The fourth-order valence-electron chi connectivity index (χ4n) is 3.51. The van der Waals surface area contributed by atoms with Crippen molar-refractivity contribution in [3.63, 3.8) is 0 Å². The Balaban J connectivity index is 1.26. The van der Waals surface area contributed by atoms with Gasteiger partial charge in [0.15, 0.2) is 6.61 Å². The average Bonchev–Trinajstić information content (AvgIpc) is 2.78. The molecule has 0 spiro atoms. The van der Waals surface area contributed by atoms with Crippen molar-refractivity contribution in [1.29, 1.82) is 0 Å². The Kier molecular flexibility index (Phi) is 6.40. The highest BCUT2D eigenvalue weighted by Gasteiger charge is 2.21. The van der Waals surface area contributed by atoms with Crippen LogP contribution in [-0.4, -0.2) is 54.7 Å². The quantitative estimate of drug-likeness (QED) is 0.447. The van der Waals surface area contributed by atoms with Gasteiger partial charge >= 0.3 is 5.63 Å². The summed E-state index contributed by atoms with van der Waals surface area (Å²) in [6.45, 7) is 3.94. The van der Waals surface area contributed by atoms with Gasteiger partial charge in [-0.05, 0) is 42.2 Å². The van der Waals surface area contributed by atoms with Crippen molar-refractivity contribution < 1.29 is 13.9 Å². The first-order chi connectivity index (χ1) is 14.6. The van der Waals surface area contributed by atoms with Crippen molar-refractivity contribution in [2.75, 3.05) is 39.0 Å². The lowest BCUT2D eigenvalue weighted by atomic mass is 10.2. The van der Waals surface area contributed by atoms with Crippen LogP contribution in [-0.2, 0) is 11.3 Å². The van der Waals surface area contributed by atoms with E-state index in [1.54, 1.807) is 30.0 Å². The third-order valence-corrected chi connectivity index (χ3v) is 5.99. The molecule has 6 nitrogen and oxygen atoms in total. The van der Waals surface area contributed by atoms with E-state index >= 15 is 0 Å². The van der Waals surface area contributed by atoms with Crippen LogP contribution in [0, 0.1) is 0 Å². The Morgan fingerprint density at radius 1 is 1.03 bits per heavy atom. The molecule has 0 radical (unpaired) electrons. The standard InChI is InChI=1S/C23H24N2O4S/c1-30-20-7-2-17(3-8-20)15-24-10-12-25(13-11-24)22(26)16-28-19-6-4-18-5-9-23(27)29-21(18)14-19/h2-9,14H,10-13,15-16H2,1H3. The normalized spacial score (nSPS) is 14.8. The van der Waals surface area contributed by atoms with Crippen molar-refractivity contribution in [3.05, 3.63) is 70.6 Å². The van der Waals surface area contributed by atoms with Crippen LogP contribution in [0.25, 0.3) is 11.0 Å². The molecule has 0 atom stereocenters. The van der Waals surface area contributed by atoms with Crippen LogP contribution in [0.3, 0.4) is 0 Å². The topological polar surface area (TPSA) is 63.0 Å². The number of benzene rings is 2. The zero-order chi connectivity index (χ0) is 20.9. The van der Waals surface area contributed by atoms with Crippen molar-refractivity contribution in [2.45, 2.75) is 11.4 Å². The number of ether oxygens (including phenoxy) is 1. The van der Waals surface area contributed by atoms with Crippen LogP contribution in [0.15, 0.2) is 68.7 Å². The summed E-state index contributed by atoms with van der Waals surface area (Å²) in [5, 5.41) is 0.812. The Morgan fingerprint density at radius 2 is 1.77 bits per heavy atom. The van der Waals surface area contributed by atoms with Crippen LogP contribution < -0.4 is 10.4 Å². The highest BCUT2D eigenvalue weighted by atomic mass is 32.2. The van der Waals surface area contributed by atoms with E-state index in [9.17, 15) is 9.59 Å². The number of fused-ring (bicyclic) bond motifs is 1. The molecule has 1 fully saturated rings. The molecule has 7 heteroatoms. The molecule has 1 amide bonds. The van der Waals surface area contributed by atoms with Crippen LogP contribution >= 0.6 is 11.8 Å². The van der Waals surface area contributed by atoms with Crippen LogP contribution in [0.1, 0.15) is 5.56 Å². The highest BCUT2D eigenvalue weighted by Crippen LogP contribution is 2.20. The summed E-state index contributed by atoms with van der Waals surface area (Å²) in [7, 11) is 0. The van der Waals surface area contributed by atoms with Crippen molar-refractivity contribution in [3.8, 4) is 5.75 Å². The summed E-state index contributed by atoms with van der Waals surface area (Å²) >= 11 is 1.74. The molecule has 3 aromatic rings. The number of nitrogens with zero attached hydrogens (tertiary/aromatic N) is 2. The summed E-state index contributed by atoms with van der Waals surface area (Å²) in [5.74, 6) is 0.478. The molecule has 2 aromatic carbocycles. The lowest BCUT2D eigenvalue weighted by Gasteiger charge is -2.34. The SMILES string of the molecule is CSc1ccc(CN2CCN(C(=O)COc3ccc4ccc(=O)oc4c3)CC2)cc1. The van der Waals surface area contributed by atoms with Crippen molar-refractivity contribution in [2.24, 2.45) is 0 Å². The molecule has 2 heterocycles. The average molecular weight is 425 g/mol. The summed E-state index contributed by atoms with van der Waals surface area (Å²) in [5.41, 5.74) is 1.33. The van der Waals surface area contributed by atoms with E-state index in [0.717, 1.165) is 25.0 Å². The van der Waals surface area contributed by atoms with Gasteiger partial charge in [0.2, 0.25) is 0 Å². The Hall–Kier alpha value is -2.77. The molecule has 1 aromatic heterocycles. The molecule has 4 rings (SSSR count). The molecule has 0 bridgehead atoms. The number of amides is 1. The molecular formula is C23H24N2O4S. The van der Waals surface area contributed by atoms with E-state index < -0.39 is 5.63 Å². The van der Waals surface area contributed by atoms with Crippen LogP contribution in [0.4, 0.5) is 0 Å². The maximum Gasteiger partial charge on any atom is 0.336 e. The first-order valence-corrected chi connectivity index (χ1v) is 11.1. The molecule has 1 saturated heterocycles. The van der Waals surface area contributed by atoms with Gasteiger partial charge in [0.05, 0.1) is 0 Å². The summed E-state index contributed by atoms with van der Waals surface area (Å²) in [6.07, 6.45) is 2.08. The second-order valence-corrected chi connectivity index (χ2v) is 8.13. The van der Waals surface area contributed by atoms with E-state index in [1.165, 1.54) is 16.5 Å². The van der Waals surface area contributed by atoms with Gasteiger partial charge < -0.3 is 14.1 Å². The van der Waals surface area contributed by atoms with E-state index in [0.29, 0.717) is 24.4 Å². The summed E-state index contributed by atoms with van der Waals surface area (Å²) in [6, 6.07) is 16.9. The van der Waals surface area contributed by atoms with Crippen LogP contribution in [0.5, 0.6) is 5.75 Å². The van der Waals surface area contributed by atoms with Gasteiger partial charge in [0, 0.05) is 55.1 Å². The highest BCUT2D eigenvalue weighted by molar-refractivity contribution is 7.98. The van der Waals surface area contributed by atoms with Crippen molar-refractivity contribution in [1.82, 2.24) is 9.80 Å². The van der Waals surface area contributed by atoms with Gasteiger partial charge in [0.25, 0.3) is 5.91 Å². The number of thioether (sulfide) groups is 1. The lowest BCUT2D eigenvalue weighted by Crippen LogP contribution is -2.49. The van der Waals surface area contributed by atoms with Gasteiger partial charge in [-0.2, -0.15) is 0 Å². The number of piperazine rings is 1. The second kappa shape index (κ2) is 9.36. The molecule has 0 saturated carbocycles. The van der Waals surface area contributed by atoms with Crippen molar-refractivity contribution >= 4 is 28.6 Å². The lowest BCUT2D eigenvalue weighted by molar-refractivity contribution is -0.135. The molecular weight excluding hydrogens is 400 g/mol. The molecule has 0 aliphatic carbocycles. The Bertz CT molecular complexity index is 1070. The molecule has 0 unspecified atom stereocenters. The Morgan fingerprint density at radius 3 is 2.50 bits per heavy atom. The van der Waals surface area contributed by atoms with Gasteiger partial charge in [-0.15, -0.1) is 11.8 Å². The van der Waals surface area contributed by atoms with E-state index in [2.05, 4.69) is 35.4 Å². The maximum absolute atomic E-state index is 12.5. The monoisotopic (exact) mass is 424 g/mol. The van der Waals surface area contributed by atoms with E-state index in [-0.39, 0.29) is 12.5 Å². The number of hydrogen-bond acceptors (Lipinski definition) is 6. The zero-order valence-electron chi connectivity index (χ0n) is 16.9. The first-order valence-electron chi connectivity index (χ1n) is 9.90. The summed E-state index contributed by atoms with van der Waals surface area (Å²) in [4.78, 5) is 29.4. The fourth-order valence-corrected chi connectivity index (χ4v) is 3.92. The zero-order valence-corrected chi connectivity index (χ0v) is 17.7. The van der Waals surface area contributed by atoms with Gasteiger partial charge in [-0.3, -0.25) is 9.69 Å². The minimum absolute atomic E-state index is 0.0290. The maximum atomic E-state index is 12.5. The molecule has 1 aliphatic rings. The predicted octanol–water partition coefficient (Wildman–Crippen LogP) is 3.24. The number of rotatable bonds is 6. The Labute approximate surface area is 179 Å².